The van der Waals surface area contributed by atoms with Gasteiger partial charge in [0.1, 0.15) is 0 Å². The largest absolute Gasteiger partial charge is 0.374 e. The SMILES string of the molecule is Cc1ccsc1C(=O)NC[C@@H]1CN(Cc2ccccc2)CCO1. The van der Waals surface area contributed by atoms with E-state index >= 15 is 0 Å². The van der Waals surface area contributed by atoms with E-state index in [0.717, 1.165) is 30.1 Å². The molecule has 1 aliphatic heterocycles. The van der Waals surface area contributed by atoms with Gasteiger partial charge in [-0.2, -0.15) is 0 Å². The van der Waals surface area contributed by atoms with Crippen molar-refractivity contribution in [1.82, 2.24) is 10.2 Å². The lowest BCUT2D eigenvalue weighted by Gasteiger charge is -2.33. The Hall–Kier alpha value is -1.69. The molecule has 0 radical (unpaired) electrons. The minimum absolute atomic E-state index is 0.00119. The zero-order valence-electron chi connectivity index (χ0n) is 13.3. The molecule has 1 fully saturated rings. The fraction of sp³-hybridized carbons (Fsp3) is 0.389. The van der Waals surface area contributed by atoms with Gasteiger partial charge in [0.25, 0.3) is 5.91 Å². The second-order valence-corrected chi connectivity index (χ2v) is 6.77. The lowest BCUT2D eigenvalue weighted by molar-refractivity contribution is -0.0292. The summed E-state index contributed by atoms with van der Waals surface area (Å²) in [5.41, 5.74) is 2.34. The third-order valence-corrected chi connectivity index (χ3v) is 5.05. The van der Waals surface area contributed by atoms with Gasteiger partial charge in [0.15, 0.2) is 0 Å². The number of carbonyl (C=O) groups excluding carboxylic acids is 1. The van der Waals surface area contributed by atoms with Crippen LogP contribution < -0.4 is 5.32 Å². The molecule has 0 aliphatic carbocycles. The summed E-state index contributed by atoms with van der Waals surface area (Å²) in [5, 5.41) is 4.95. The summed E-state index contributed by atoms with van der Waals surface area (Å²) in [7, 11) is 0. The quantitative estimate of drug-likeness (QED) is 0.916. The van der Waals surface area contributed by atoms with Gasteiger partial charge in [-0.15, -0.1) is 11.3 Å². The number of amides is 1. The molecule has 1 amide bonds. The third-order valence-electron chi connectivity index (χ3n) is 4.03. The maximum absolute atomic E-state index is 12.2. The summed E-state index contributed by atoms with van der Waals surface area (Å²) in [6, 6.07) is 12.4. The maximum Gasteiger partial charge on any atom is 0.261 e. The summed E-state index contributed by atoms with van der Waals surface area (Å²) >= 11 is 1.48. The number of nitrogens with zero attached hydrogens (tertiary/aromatic N) is 1. The number of hydrogen-bond donors (Lipinski definition) is 1. The molecule has 3 rings (SSSR count). The van der Waals surface area contributed by atoms with E-state index in [-0.39, 0.29) is 12.0 Å². The zero-order valence-corrected chi connectivity index (χ0v) is 14.1. The number of aryl methyl sites for hydroxylation is 1. The summed E-state index contributed by atoms with van der Waals surface area (Å²) in [4.78, 5) is 15.3. The first-order valence-corrected chi connectivity index (χ1v) is 8.80. The van der Waals surface area contributed by atoms with Crippen LogP contribution in [0.3, 0.4) is 0 Å². The lowest BCUT2D eigenvalue weighted by Crippen LogP contribution is -2.47. The van der Waals surface area contributed by atoms with Gasteiger partial charge in [-0.1, -0.05) is 30.3 Å². The van der Waals surface area contributed by atoms with E-state index in [1.807, 2.05) is 24.4 Å². The molecule has 4 nitrogen and oxygen atoms in total. The van der Waals surface area contributed by atoms with E-state index < -0.39 is 0 Å². The van der Waals surface area contributed by atoms with E-state index in [9.17, 15) is 4.79 Å². The third kappa shape index (κ3) is 4.41. The Kier molecular flexibility index (Phi) is 5.43. The molecule has 1 saturated heterocycles. The van der Waals surface area contributed by atoms with Crippen LogP contribution in [0.15, 0.2) is 41.8 Å². The van der Waals surface area contributed by atoms with Gasteiger partial charge in [-0.05, 0) is 29.5 Å². The number of rotatable bonds is 5. The van der Waals surface area contributed by atoms with Crippen molar-refractivity contribution in [2.24, 2.45) is 0 Å². The van der Waals surface area contributed by atoms with Gasteiger partial charge in [0, 0.05) is 26.2 Å². The highest BCUT2D eigenvalue weighted by molar-refractivity contribution is 7.12. The van der Waals surface area contributed by atoms with Gasteiger partial charge in [-0.25, -0.2) is 0 Å². The smallest absolute Gasteiger partial charge is 0.261 e. The zero-order chi connectivity index (χ0) is 16.1. The molecule has 2 aromatic rings. The van der Waals surface area contributed by atoms with Gasteiger partial charge < -0.3 is 10.1 Å². The summed E-state index contributed by atoms with van der Waals surface area (Å²) in [5.74, 6) is 0.00119. The van der Waals surface area contributed by atoms with E-state index in [0.29, 0.717) is 13.2 Å². The van der Waals surface area contributed by atoms with Crippen LogP contribution in [-0.4, -0.2) is 43.2 Å². The van der Waals surface area contributed by atoms with Crippen LogP contribution >= 0.6 is 11.3 Å². The maximum atomic E-state index is 12.2. The minimum Gasteiger partial charge on any atom is -0.374 e. The van der Waals surface area contributed by atoms with E-state index in [2.05, 4.69) is 34.5 Å². The van der Waals surface area contributed by atoms with Crippen LogP contribution in [0.1, 0.15) is 20.8 Å². The summed E-state index contributed by atoms with van der Waals surface area (Å²) in [6.07, 6.45) is 0.0525. The van der Waals surface area contributed by atoms with Gasteiger partial charge in [0.2, 0.25) is 0 Å². The molecule has 1 atom stereocenters. The van der Waals surface area contributed by atoms with Crippen LogP contribution in [0.5, 0.6) is 0 Å². The number of ether oxygens (including phenoxy) is 1. The monoisotopic (exact) mass is 330 g/mol. The Morgan fingerprint density at radius 2 is 2.17 bits per heavy atom. The standard InChI is InChI=1S/C18H22N2O2S/c1-14-7-10-23-17(14)18(21)19-11-16-13-20(8-9-22-16)12-15-5-3-2-4-6-15/h2-7,10,16H,8-9,11-13H2,1H3,(H,19,21)/t16-/m1/s1. The highest BCUT2D eigenvalue weighted by Crippen LogP contribution is 2.15. The first-order chi connectivity index (χ1) is 11.2. The van der Waals surface area contributed by atoms with Gasteiger partial charge in [0.05, 0.1) is 17.6 Å². The molecule has 1 aliphatic rings. The number of nitrogens with one attached hydrogen (secondary N) is 1. The molecule has 1 aromatic heterocycles. The molecular formula is C18H22N2O2S. The molecular weight excluding hydrogens is 308 g/mol. The van der Waals surface area contributed by atoms with Crippen LogP contribution in [-0.2, 0) is 11.3 Å². The number of hydrogen-bond acceptors (Lipinski definition) is 4. The van der Waals surface area contributed by atoms with Gasteiger partial charge >= 0.3 is 0 Å². The van der Waals surface area contributed by atoms with Crippen molar-refractivity contribution in [1.29, 1.82) is 0 Å². The summed E-state index contributed by atoms with van der Waals surface area (Å²) in [6.45, 7) is 5.94. The van der Waals surface area contributed by atoms with Crippen molar-refractivity contribution in [3.05, 3.63) is 57.8 Å². The first kappa shape index (κ1) is 16.2. The Bertz CT molecular complexity index is 641. The van der Waals surface area contributed by atoms with E-state index in [1.165, 1.54) is 16.9 Å². The van der Waals surface area contributed by atoms with Crippen molar-refractivity contribution in [2.75, 3.05) is 26.2 Å². The average Bonchev–Trinajstić information content (AvgIpc) is 3.00. The molecule has 2 heterocycles. The van der Waals surface area contributed by atoms with Crippen molar-refractivity contribution >= 4 is 17.2 Å². The summed E-state index contributed by atoms with van der Waals surface area (Å²) < 4.78 is 5.79. The Labute approximate surface area is 141 Å². The number of morpholine rings is 1. The van der Waals surface area contributed by atoms with Gasteiger partial charge in [-0.3, -0.25) is 9.69 Å². The van der Waals surface area contributed by atoms with Crippen molar-refractivity contribution in [3.8, 4) is 0 Å². The van der Waals surface area contributed by atoms with Crippen LogP contribution in [0, 0.1) is 6.92 Å². The molecule has 23 heavy (non-hydrogen) atoms. The predicted molar refractivity (Wildman–Crippen MR) is 92.8 cm³/mol. The Balaban J connectivity index is 1.49. The highest BCUT2D eigenvalue weighted by Gasteiger charge is 2.21. The Morgan fingerprint density at radius 1 is 1.35 bits per heavy atom. The molecule has 1 N–H and O–H groups in total. The van der Waals surface area contributed by atoms with Crippen molar-refractivity contribution in [2.45, 2.75) is 19.6 Å². The molecule has 1 aromatic carbocycles. The van der Waals surface area contributed by atoms with Crippen molar-refractivity contribution in [3.63, 3.8) is 0 Å². The highest BCUT2D eigenvalue weighted by atomic mass is 32.1. The van der Waals surface area contributed by atoms with E-state index in [4.69, 9.17) is 4.74 Å². The normalized spacial score (nSPS) is 18.7. The van der Waals surface area contributed by atoms with Crippen molar-refractivity contribution < 1.29 is 9.53 Å². The van der Waals surface area contributed by atoms with Crippen LogP contribution in [0.4, 0.5) is 0 Å². The van der Waals surface area contributed by atoms with E-state index in [1.54, 1.807) is 0 Å². The van der Waals surface area contributed by atoms with Crippen LogP contribution in [0.25, 0.3) is 0 Å². The molecule has 0 bridgehead atoms. The first-order valence-electron chi connectivity index (χ1n) is 7.92. The number of benzene rings is 1. The van der Waals surface area contributed by atoms with Crippen LogP contribution in [0.2, 0.25) is 0 Å². The topological polar surface area (TPSA) is 41.6 Å². The molecule has 122 valence electrons. The fourth-order valence-electron chi connectivity index (χ4n) is 2.78. The molecule has 5 heteroatoms. The second kappa shape index (κ2) is 7.73. The lowest BCUT2D eigenvalue weighted by atomic mass is 10.2. The fourth-order valence-corrected chi connectivity index (χ4v) is 3.62. The molecule has 0 unspecified atom stereocenters. The Morgan fingerprint density at radius 3 is 2.91 bits per heavy atom. The second-order valence-electron chi connectivity index (χ2n) is 5.86. The predicted octanol–water partition coefficient (Wildman–Crippen LogP) is 2.69. The number of thiophene rings is 1. The molecule has 0 spiro atoms. The number of carbonyl (C=O) groups is 1. The molecule has 0 saturated carbocycles. The minimum atomic E-state index is 0.00119. The average molecular weight is 330 g/mol.